The third kappa shape index (κ3) is 13.4. The number of fused-ring (bicyclic) bond motifs is 4. The topological polar surface area (TPSA) is 253 Å². The summed E-state index contributed by atoms with van der Waals surface area (Å²) in [6, 6.07) is 12.0. The molecule has 2 aromatic heterocycles. The van der Waals surface area contributed by atoms with Crippen molar-refractivity contribution in [3.63, 3.8) is 0 Å². The Labute approximate surface area is 524 Å². The molecule has 89 heavy (non-hydrogen) atoms. The normalized spacial score (nSPS) is 25.0. The summed E-state index contributed by atoms with van der Waals surface area (Å²) in [5, 5.41) is 2.03. The number of ether oxygens (including phenoxy) is 6. The van der Waals surface area contributed by atoms with Gasteiger partial charge in [0.1, 0.15) is 36.1 Å². The van der Waals surface area contributed by atoms with Crippen LogP contribution in [0.15, 0.2) is 70.5 Å². The molecule has 0 bridgehead atoms. The molecule has 0 spiro atoms. The van der Waals surface area contributed by atoms with Gasteiger partial charge in [0.05, 0.1) is 13.2 Å². The number of alkyl halides is 4. The number of nitrogens with two attached hydrogens (primary N) is 1. The highest BCUT2D eigenvalue weighted by Gasteiger charge is 2.70. The van der Waals surface area contributed by atoms with E-state index in [4.69, 9.17) is 71.7 Å². The van der Waals surface area contributed by atoms with Crippen LogP contribution in [0.1, 0.15) is 144 Å². The van der Waals surface area contributed by atoms with Crippen molar-refractivity contribution in [1.29, 1.82) is 0 Å². The maximum atomic E-state index is 16.3. The third-order valence-electron chi connectivity index (χ3n) is 17.0. The molecule has 492 valence electrons. The lowest BCUT2D eigenvalue weighted by atomic mass is 10.1. The molecular formula is C58H83ClF4N6O16Si4. The predicted octanol–water partition coefficient (Wildman–Crippen LogP) is 11.8. The summed E-state index contributed by atoms with van der Waals surface area (Å²) in [5.74, 6) is -5.72. The number of rotatable bonds is 13. The number of halogens is 5. The number of nitrogen functional groups attached to an aromatic ring is 1. The Hall–Kier alpha value is -5.10. The number of amides is 1. The van der Waals surface area contributed by atoms with E-state index < -0.39 is 105 Å². The molecule has 2 aromatic carbocycles. The average molecular weight is 1340 g/mol. The van der Waals surface area contributed by atoms with Crippen LogP contribution in [0.25, 0.3) is 0 Å². The van der Waals surface area contributed by atoms with Gasteiger partial charge >= 0.3 is 57.5 Å². The fraction of sp³-hybridized carbons (Fsp3) is 0.621. The first-order valence-electron chi connectivity index (χ1n) is 29.9. The molecule has 4 fully saturated rings. The van der Waals surface area contributed by atoms with Gasteiger partial charge < -0.3 is 65.4 Å². The molecule has 22 nitrogen and oxygen atoms in total. The first-order chi connectivity index (χ1) is 41.6. The molecule has 1 amide bonds. The fourth-order valence-corrected chi connectivity index (χ4v) is 34.8. The van der Waals surface area contributed by atoms with E-state index in [0.717, 1.165) is 15.3 Å². The van der Waals surface area contributed by atoms with E-state index in [2.05, 4.69) is 43.0 Å². The van der Waals surface area contributed by atoms with Gasteiger partial charge in [0.2, 0.25) is 26.0 Å². The number of carbonyl (C=O) groups excluding carboxylic acids is 2. The zero-order valence-corrected chi connectivity index (χ0v) is 57.7. The predicted molar refractivity (Wildman–Crippen MR) is 330 cm³/mol. The number of anilines is 2. The first-order valence-corrected chi connectivity index (χ1v) is 38.2. The van der Waals surface area contributed by atoms with Crippen LogP contribution in [0.5, 0.6) is 23.0 Å². The van der Waals surface area contributed by atoms with Crippen LogP contribution in [0, 0.1) is 0 Å². The Morgan fingerprint density at radius 1 is 0.551 bits per heavy atom. The summed E-state index contributed by atoms with van der Waals surface area (Å²) in [6.45, 7) is 32.0. The van der Waals surface area contributed by atoms with Crippen LogP contribution in [0.4, 0.5) is 29.2 Å². The van der Waals surface area contributed by atoms with Crippen LogP contribution in [0.2, 0.25) is 44.3 Å². The summed E-state index contributed by atoms with van der Waals surface area (Å²) < 4.78 is 138. The van der Waals surface area contributed by atoms with E-state index in [0.29, 0.717) is 28.6 Å². The van der Waals surface area contributed by atoms with Crippen molar-refractivity contribution in [3.8, 4) is 23.0 Å². The highest BCUT2D eigenvalue weighted by atomic mass is 35.5. The van der Waals surface area contributed by atoms with Crippen LogP contribution in [-0.4, -0.2) is 128 Å². The zero-order valence-electron chi connectivity index (χ0n) is 53.0. The number of carbonyl (C=O) groups is 2. The van der Waals surface area contributed by atoms with Crippen molar-refractivity contribution in [2.75, 3.05) is 37.9 Å². The van der Waals surface area contributed by atoms with Crippen molar-refractivity contribution in [2.24, 2.45) is 0 Å². The van der Waals surface area contributed by atoms with Gasteiger partial charge in [-0.2, -0.15) is 27.5 Å². The zero-order chi connectivity index (χ0) is 65.7. The van der Waals surface area contributed by atoms with E-state index in [1.54, 1.807) is 24.3 Å². The Balaban J connectivity index is 0.000000198. The molecule has 10 rings (SSSR count). The van der Waals surface area contributed by atoms with Gasteiger partial charge in [-0.15, -0.1) is 0 Å². The van der Waals surface area contributed by atoms with E-state index >= 15 is 17.6 Å². The average Bonchev–Trinajstić information content (AvgIpc) is 1.67. The Bertz CT molecular complexity index is 3300. The lowest BCUT2D eigenvalue weighted by molar-refractivity contribution is -0.140. The van der Waals surface area contributed by atoms with Gasteiger partial charge in [-0.1, -0.05) is 111 Å². The van der Waals surface area contributed by atoms with Crippen molar-refractivity contribution >= 4 is 68.6 Å². The second kappa shape index (κ2) is 26.9. The Morgan fingerprint density at radius 2 is 0.921 bits per heavy atom. The van der Waals surface area contributed by atoms with Gasteiger partial charge in [-0.25, -0.2) is 9.59 Å². The number of aromatic nitrogens is 4. The maximum absolute atomic E-state index is 16.3. The van der Waals surface area contributed by atoms with Gasteiger partial charge in [-0.05, 0) is 104 Å². The molecule has 0 radical (unpaired) electrons. The van der Waals surface area contributed by atoms with E-state index in [1.165, 1.54) is 30.5 Å². The van der Waals surface area contributed by atoms with Crippen molar-refractivity contribution in [2.45, 2.75) is 204 Å². The minimum absolute atomic E-state index is 0.0250. The second-order valence-corrected chi connectivity index (χ2v) is 43.4. The number of nitrogens with one attached hydrogen (secondary N) is 1. The summed E-state index contributed by atoms with van der Waals surface area (Å²) in [6.07, 6.45) is -7.10. The largest absolute Gasteiger partial charge is 0.454 e. The van der Waals surface area contributed by atoms with Crippen molar-refractivity contribution < 1.29 is 81.5 Å². The molecule has 4 aromatic rings. The smallest absolute Gasteiger partial charge is 0.351 e. The molecule has 3 N–H and O–H groups in total. The van der Waals surface area contributed by atoms with Crippen LogP contribution in [-0.2, 0) is 35.4 Å². The number of nitrogens with zero attached hydrogens (tertiary/aromatic N) is 4. The molecule has 6 aliphatic rings. The number of hydrogen-bond donors (Lipinski definition) is 2. The number of hydrogen-bond acceptors (Lipinski definition) is 19. The van der Waals surface area contributed by atoms with Gasteiger partial charge in [0.25, 0.3) is 11.1 Å². The maximum Gasteiger partial charge on any atom is 0.351 e. The summed E-state index contributed by atoms with van der Waals surface area (Å²) in [7, 11) is -12.5. The van der Waals surface area contributed by atoms with Gasteiger partial charge in [0.15, 0.2) is 23.0 Å². The van der Waals surface area contributed by atoms with Gasteiger partial charge in [-0.3, -0.25) is 18.7 Å². The molecule has 0 saturated carbocycles. The lowest BCUT2D eigenvalue weighted by Crippen LogP contribution is -2.66. The number of benzene rings is 2. The fourth-order valence-electron chi connectivity index (χ4n) is 12.3. The molecule has 8 heterocycles. The molecule has 31 heteroatoms. The quantitative estimate of drug-likeness (QED) is 0.0717. The molecule has 4 saturated heterocycles. The molecular weight excluding hydrogens is 1260 g/mol. The molecule has 6 atom stereocenters. The van der Waals surface area contributed by atoms with Crippen LogP contribution in [0.3, 0.4) is 0 Å². The minimum atomic E-state index is -3.63. The SMILES string of the molecule is CC(C)[Si]1(C(C)C)OC[C@H]2O[C@@H](n3ccc(N)nc3=O)C(F)(F)[C@@H]2O[Si](C(C)C)(C(C)C)O1.CC(C)[Si]1(C(C)C)OC[C@H]2O[C@@H](n3ccc(NC(=O)c4ccc5c(c4)OCO5)nc3=O)C(F)(F)[C@@H]2O[Si](C(C)C)(C(C)C)O1.O=C(Cl)c1ccc2c(c1)OCO2. The minimum Gasteiger partial charge on any atom is -0.454 e. The van der Waals surface area contributed by atoms with Crippen molar-refractivity contribution in [1.82, 2.24) is 19.1 Å². The standard InChI is InChI=1S/C29H41F2N3O8Si2.C21H37F2N3O5Si2.C8H5ClO3/c1-16(2)43(17(3)4)39-14-23-25(41-44(42-43,18(5)6)19(7)8)29(30,31)27(40-23)34-12-11-24(33-28(34)36)32-26(35)20-9-10-21-22(13-20)38-15-37-21;1-12(2)32(13(3)4)28-11-16-18(30-33(31-32,14(5)6)15(7)8)21(22,23)19(29-16)26-10-9-17(24)25-20(26)27;9-8(10)5-1-2-6-7(3-5)12-4-11-6/h9-13,16-19,23,25,27H,14-15H2,1-8H3,(H,32,33,35,36);9-10,12-16,18-19H,11H2,1-8H3,(H2,24,25,27);1-3H,4H2/t23-,25-,27-;16-,18-,19-;/m11./s1. The van der Waals surface area contributed by atoms with E-state index in [9.17, 15) is 19.2 Å². The van der Waals surface area contributed by atoms with E-state index in [1.807, 2.05) is 83.1 Å². The molecule has 0 unspecified atom stereocenters. The highest BCUT2D eigenvalue weighted by molar-refractivity contribution is 6.84. The summed E-state index contributed by atoms with van der Waals surface area (Å²) >= 11 is 5.27. The second-order valence-electron chi connectivity index (χ2n) is 25.3. The Morgan fingerprint density at radius 3 is 1.30 bits per heavy atom. The van der Waals surface area contributed by atoms with Crippen LogP contribution >= 0.6 is 11.6 Å². The molecule has 0 aliphatic carbocycles. The monoisotopic (exact) mass is 1340 g/mol. The summed E-state index contributed by atoms with van der Waals surface area (Å²) in [4.78, 5) is 56.4. The first kappa shape index (κ1) is 69.8. The van der Waals surface area contributed by atoms with E-state index in [-0.39, 0.29) is 88.3 Å². The van der Waals surface area contributed by atoms with Crippen molar-refractivity contribution in [3.05, 3.63) is 93.0 Å². The Kier molecular flexibility index (Phi) is 21.1. The lowest BCUT2D eigenvalue weighted by Gasteiger charge is -2.51. The van der Waals surface area contributed by atoms with Gasteiger partial charge in [0, 0.05) is 23.5 Å². The molecule has 6 aliphatic heterocycles. The highest BCUT2D eigenvalue weighted by Crippen LogP contribution is 2.54. The summed E-state index contributed by atoms with van der Waals surface area (Å²) in [5.41, 5.74) is 3.91. The third-order valence-corrected chi connectivity index (χ3v) is 37.7. The van der Waals surface area contributed by atoms with Crippen LogP contribution < -0.4 is 41.4 Å².